The Morgan fingerprint density at radius 2 is 0.635 bits per heavy atom. The first-order valence-corrected chi connectivity index (χ1v) is 26.5. The molecule has 11 aromatic carbocycles. The van der Waals surface area contributed by atoms with Crippen LogP contribution in [0.15, 0.2) is 261 Å². The standard InChI is InChI=1S/C69H43N3S2/c1-5-17-44(18-6-1)47-33-35-49(36-34-47)67-70-68(72-69(71-67)60-31-16-32-63-64(60)61-43-51(37-38-62(61)73-63)45-19-7-2-8-20-45)55-41-53(46-21-9-3-10-22-46)40-54(42-55)50-25-13-26-52(39-50)57-28-15-30-59-58-29-14-27-56(65(58)74-66(57)59)48-23-11-4-12-24-48/h1-43H. The summed E-state index contributed by atoms with van der Waals surface area (Å²) in [4.78, 5) is 16.2. The molecule has 0 fully saturated rings. The minimum Gasteiger partial charge on any atom is -0.208 e. The van der Waals surface area contributed by atoms with Gasteiger partial charge in [-0.05, 0) is 109 Å². The lowest BCUT2D eigenvalue weighted by Gasteiger charge is -2.14. The molecule has 0 N–H and O–H groups in total. The van der Waals surface area contributed by atoms with Crippen LogP contribution in [0.2, 0.25) is 0 Å². The SMILES string of the molecule is c1ccc(-c2ccc(-c3nc(-c4cc(-c5ccccc5)cc(-c5cccc(-c6cccc7c6sc6c(-c8ccccc8)cccc67)c5)c4)nc(-c4cccc5sc6ccc(-c7ccccc7)cc6c45)n3)cc2)cc1. The number of fused-ring (bicyclic) bond motifs is 6. The summed E-state index contributed by atoms with van der Waals surface area (Å²) in [7, 11) is 0. The van der Waals surface area contributed by atoms with E-state index in [1.165, 1.54) is 68.3 Å². The molecule has 0 aliphatic carbocycles. The summed E-state index contributed by atoms with van der Waals surface area (Å²) in [6.45, 7) is 0. The van der Waals surface area contributed by atoms with Gasteiger partial charge in [-0.3, -0.25) is 0 Å². The van der Waals surface area contributed by atoms with Crippen LogP contribution in [0.25, 0.3) is 141 Å². The zero-order chi connectivity index (χ0) is 49.0. The molecule has 0 saturated carbocycles. The molecular formula is C69H43N3S2. The van der Waals surface area contributed by atoms with Crippen LogP contribution >= 0.6 is 22.7 Å². The average molecular weight is 978 g/mol. The Labute approximate surface area is 437 Å². The topological polar surface area (TPSA) is 38.7 Å². The largest absolute Gasteiger partial charge is 0.208 e. The third-order valence-corrected chi connectivity index (χ3v) is 16.6. The second kappa shape index (κ2) is 18.5. The highest BCUT2D eigenvalue weighted by Gasteiger charge is 2.20. The first-order chi connectivity index (χ1) is 36.6. The first-order valence-electron chi connectivity index (χ1n) is 24.9. The fourth-order valence-electron chi connectivity index (χ4n) is 10.5. The van der Waals surface area contributed by atoms with Crippen LogP contribution in [0.5, 0.6) is 0 Å². The van der Waals surface area contributed by atoms with Crippen molar-refractivity contribution in [1.29, 1.82) is 0 Å². The number of rotatable bonds is 9. The fourth-order valence-corrected chi connectivity index (χ4v) is 13.0. The van der Waals surface area contributed by atoms with Gasteiger partial charge in [0.2, 0.25) is 0 Å². The van der Waals surface area contributed by atoms with E-state index in [0.29, 0.717) is 17.5 Å². The lowest BCUT2D eigenvalue weighted by molar-refractivity contribution is 1.08. The Kier molecular flexibility index (Phi) is 10.9. The van der Waals surface area contributed by atoms with Crippen LogP contribution in [0, 0.1) is 0 Å². The van der Waals surface area contributed by atoms with Crippen molar-refractivity contribution >= 4 is 63.0 Å². The zero-order valence-electron chi connectivity index (χ0n) is 40.0. The predicted molar refractivity (Wildman–Crippen MR) is 315 cm³/mol. The molecule has 0 radical (unpaired) electrons. The maximum atomic E-state index is 5.48. The minimum atomic E-state index is 0.609. The minimum absolute atomic E-state index is 0.609. The van der Waals surface area contributed by atoms with E-state index in [2.05, 4.69) is 261 Å². The molecule has 0 saturated heterocycles. The van der Waals surface area contributed by atoms with Crippen LogP contribution in [0.1, 0.15) is 0 Å². The van der Waals surface area contributed by atoms with Gasteiger partial charge in [0.05, 0.1) is 0 Å². The van der Waals surface area contributed by atoms with Crippen molar-refractivity contribution in [1.82, 2.24) is 15.0 Å². The van der Waals surface area contributed by atoms with Gasteiger partial charge in [-0.1, -0.05) is 218 Å². The molecule has 3 nitrogen and oxygen atoms in total. The number of aromatic nitrogens is 3. The van der Waals surface area contributed by atoms with Gasteiger partial charge in [0.25, 0.3) is 0 Å². The smallest absolute Gasteiger partial charge is 0.164 e. The van der Waals surface area contributed by atoms with E-state index < -0.39 is 0 Å². The summed E-state index contributed by atoms with van der Waals surface area (Å²) in [5.74, 6) is 1.86. The normalized spacial score (nSPS) is 11.5. The second-order valence-electron chi connectivity index (χ2n) is 18.7. The highest BCUT2D eigenvalue weighted by atomic mass is 32.1. The number of hydrogen-bond acceptors (Lipinski definition) is 5. The van der Waals surface area contributed by atoms with E-state index >= 15 is 0 Å². The van der Waals surface area contributed by atoms with Gasteiger partial charge in [-0.25, -0.2) is 15.0 Å². The monoisotopic (exact) mass is 977 g/mol. The number of thiophene rings is 2. The van der Waals surface area contributed by atoms with E-state index in [0.717, 1.165) is 55.5 Å². The summed E-state index contributed by atoms with van der Waals surface area (Å²) in [6, 6.07) is 93.6. The van der Waals surface area contributed by atoms with Crippen LogP contribution in [0.4, 0.5) is 0 Å². The number of nitrogens with zero attached hydrogens (tertiary/aromatic N) is 3. The molecule has 0 bridgehead atoms. The lowest BCUT2D eigenvalue weighted by Crippen LogP contribution is -2.01. The van der Waals surface area contributed by atoms with Crippen molar-refractivity contribution in [2.24, 2.45) is 0 Å². The summed E-state index contributed by atoms with van der Waals surface area (Å²) >= 11 is 3.69. The molecule has 5 heteroatoms. The maximum Gasteiger partial charge on any atom is 0.164 e. The van der Waals surface area contributed by atoms with Crippen molar-refractivity contribution in [3.05, 3.63) is 261 Å². The molecule has 14 rings (SSSR count). The van der Waals surface area contributed by atoms with Gasteiger partial charge in [0.15, 0.2) is 17.5 Å². The van der Waals surface area contributed by atoms with Crippen LogP contribution in [-0.2, 0) is 0 Å². The molecule has 0 unspecified atom stereocenters. The van der Waals surface area contributed by atoms with Gasteiger partial charge in [0.1, 0.15) is 0 Å². The third kappa shape index (κ3) is 7.96. The zero-order valence-corrected chi connectivity index (χ0v) is 41.6. The molecule has 3 aromatic heterocycles. The maximum absolute atomic E-state index is 5.48. The van der Waals surface area contributed by atoms with Crippen molar-refractivity contribution in [3.63, 3.8) is 0 Å². The van der Waals surface area contributed by atoms with Crippen LogP contribution in [0.3, 0.4) is 0 Å². The van der Waals surface area contributed by atoms with E-state index in [4.69, 9.17) is 15.0 Å². The Balaban J connectivity index is 0.946. The van der Waals surface area contributed by atoms with Gasteiger partial charge in [-0.2, -0.15) is 0 Å². The van der Waals surface area contributed by atoms with E-state index in [1.807, 2.05) is 11.3 Å². The molecule has 0 amide bonds. The molecule has 0 spiro atoms. The first kappa shape index (κ1) is 43.6. The summed E-state index contributed by atoms with van der Waals surface area (Å²) < 4.78 is 5.00. The molecule has 0 aliphatic heterocycles. The third-order valence-electron chi connectivity index (χ3n) is 14.1. The molecule has 0 aliphatic rings. The van der Waals surface area contributed by atoms with Crippen molar-refractivity contribution < 1.29 is 0 Å². The molecule has 74 heavy (non-hydrogen) atoms. The Bertz CT molecular complexity index is 4390. The Hall–Kier alpha value is -9.13. The van der Waals surface area contributed by atoms with E-state index in [9.17, 15) is 0 Å². The average Bonchev–Trinajstić information content (AvgIpc) is 4.07. The van der Waals surface area contributed by atoms with Gasteiger partial charge in [-0.15, -0.1) is 22.7 Å². The van der Waals surface area contributed by atoms with E-state index in [1.54, 1.807) is 11.3 Å². The molecule has 3 heterocycles. The Morgan fingerprint density at radius 3 is 1.30 bits per heavy atom. The highest BCUT2D eigenvalue weighted by molar-refractivity contribution is 7.27. The highest BCUT2D eigenvalue weighted by Crippen LogP contribution is 2.46. The summed E-state index contributed by atoms with van der Waals surface area (Å²) in [5.41, 5.74) is 16.7. The molecule has 0 atom stereocenters. The van der Waals surface area contributed by atoms with Crippen molar-refractivity contribution in [2.75, 3.05) is 0 Å². The van der Waals surface area contributed by atoms with Crippen LogP contribution < -0.4 is 0 Å². The molecular weight excluding hydrogens is 935 g/mol. The molecule has 14 aromatic rings. The summed E-state index contributed by atoms with van der Waals surface area (Å²) in [5, 5.41) is 4.90. The second-order valence-corrected chi connectivity index (χ2v) is 20.8. The van der Waals surface area contributed by atoms with Crippen molar-refractivity contribution in [2.45, 2.75) is 0 Å². The Morgan fingerprint density at radius 1 is 0.216 bits per heavy atom. The fraction of sp³-hybridized carbons (Fsp3) is 0. The van der Waals surface area contributed by atoms with E-state index in [-0.39, 0.29) is 0 Å². The van der Waals surface area contributed by atoms with Gasteiger partial charge in [0, 0.05) is 57.0 Å². The number of benzene rings is 11. The predicted octanol–water partition coefficient (Wildman–Crippen LogP) is 19.6. The quantitative estimate of drug-likeness (QED) is 0.145. The van der Waals surface area contributed by atoms with Crippen LogP contribution in [-0.4, -0.2) is 15.0 Å². The van der Waals surface area contributed by atoms with Crippen molar-refractivity contribution in [3.8, 4) is 101 Å². The summed E-state index contributed by atoms with van der Waals surface area (Å²) in [6.07, 6.45) is 0. The number of hydrogen-bond donors (Lipinski definition) is 0. The van der Waals surface area contributed by atoms with Gasteiger partial charge >= 0.3 is 0 Å². The van der Waals surface area contributed by atoms with Gasteiger partial charge < -0.3 is 0 Å². The molecule has 346 valence electrons. The lowest BCUT2D eigenvalue weighted by atomic mass is 9.93.